The molecule has 0 spiro atoms. The number of likely N-dealkylation sites (tertiary alicyclic amines) is 2. The molecular formula is C57H65ClF2N10O8. The van der Waals surface area contributed by atoms with Crippen LogP contribution < -0.4 is 20.6 Å². The van der Waals surface area contributed by atoms with Crippen molar-refractivity contribution in [1.29, 1.82) is 0 Å². The number of carbonyl (C=O) groups excluding carboxylic acids is 3. The van der Waals surface area contributed by atoms with E-state index < -0.39 is 29.2 Å². The number of aliphatic hydroxyl groups is 1. The van der Waals surface area contributed by atoms with Gasteiger partial charge in [-0.2, -0.15) is 9.97 Å². The summed E-state index contributed by atoms with van der Waals surface area (Å²) in [4.78, 5) is 74.0. The number of imidazole rings is 1. The van der Waals surface area contributed by atoms with Crippen LogP contribution in [0.5, 0.6) is 11.8 Å². The molecule has 3 N–H and O–H groups in total. The first-order valence-electron chi connectivity index (χ1n) is 27.6. The van der Waals surface area contributed by atoms with Gasteiger partial charge in [0.1, 0.15) is 47.9 Å². The number of piperidine rings is 4. The molecule has 6 aliphatic rings. The number of pyridine rings is 1. The van der Waals surface area contributed by atoms with Crippen LogP contribution in [0.15, 0.2) is 53.5 Å². The number of imide groups is 1. The number of nitrogens with zero attached hydrogens (tertiary/aromatic N) is 9. The number of fused-ring (bicyclic) bond motifs is 4. The second-order valence-electron chi connectivity index (χ2n) is 23.0. The quantitative estimate of drug-likeness (QED) is 0.107. The third-order valence-electron chi connectivity index (χ3n) is 17.9. The zero-order valence-corrected chi connectivity index (χ0v) is 44.7. The van der Waals surface area contributed by atoms with Crippen LogP contribution in [0.1, 0.15) is 101 Å². The molecule has 4 atom stereocenters. The third kappa shape index (κ3) is 9.69. The second-order valence-corrected chi connectivity index (χ2v) is 23.4. The molecule has 412 valence electrons. The van der Waals surface area contributed by atoms with Gasteiger partial charge < -0.3 is 34.4 Å². The van der Waals surface area contributed by atoms with E-state index in [4.69, 9.17) is 26.1 Å². The molecular weight excluding hydrogens is 1030 g/mol. The number of hydrogen-bond acceptors (Lipinski definition) is 14. The Labute approximate surface area is 454 Å². The molecule has 6 saturated heterocycles. The van der Waals surface area contributed by atoms with Gasteiger partial charge in [0.25, 0.3) is 0 Å². The SMILES string of the molecule is Cn1c(=O)n(C2CCC(=O)NC2=O)c2ccc(C3CCN(CC4CCN(C(=O)OC[C@@H]5CC[C@]6(COc7nc(N8CCC[C@@](C)(O)C8)c8cnc(-c9cc(O)cc%10ccc(F)c(Cl)c9%10)c(F)c8n7)CCCN56)CC4)CC3)cc21. The van der Waals surface area contributed by atoms with Crippen molar-refractivity contribution in [3.8, 4) is 23.0 Å². The Hall–Kier alpha value is -6.48. The summed E-state index contributed by atoms with van der Waals surface area (Å²) >= 11 is 6.46. The number of carbonyl (C=O) groups is 3. The summed E-state index contributed by atoms with van der Waals surface area (Å²) in [6.45, 7) is 8.02. The predicted molar refractivity (Wildman–Crippen MR) is 289 cm³/mol. The number of phenols is 1. The van der Waals surface area contributed by atoms with Gasteiger partial charge in [0.15, 0.2) is 5.82 Å². The summed E-state index contributed by atoms with van der Waals surface area (Å²) in [5.74, 6) is -1.27. The van der Waals surface area contributed by atoms with Crippen molar-refractivity contribution >= 4 is 68.0 Å². The highest BCUT2D eigenvalue weighted by Crippen LogP contribution is 2.45. The molecule has 21 heteroatoms. The van der Waals surface area contributed by atoms with E-state index >= 15 is 4.39 Å². The maximum absolute atomic E-state index is 17.1. The van der Waals surface area contributed by atoms with Gasteiger partial charge in [-0.3, -0.25) is 33.9 Å². The second kappa shape index (κ2) is 20.6. The van der Waals surface area contributed by atoms with Crippen LogP contribution in [-0.4, -0.2) is 150 Å². The Morgan fingerprint density at radius 2 is 1.71 bits per heavy atom. The van der Waals surface area contributed by atoms with E-state index in [2.05, 4.69) is 37.2 Å². The summed E-state index contributed by atoms with van der Waals surface area (Å²) in [6, 6.07) is 10.7. The van der Waals surface area contributed by atoms with Gasteiger partial charge in [-0.15, -0.1) is 0 Å². The Bertz CT molecular complexity index is 3430. The van der Waals surface area contributed by atoms with Gasteiger partial charge >= 0.3 is 17.8 Å². The summed E-state index contributed by atoms with van der Waals surface area (Å²) in [7, 11) is 1.73. The first-order chi connectivity index (χ1) is 37.5. The number of amides is 3. The Morgan fingerprint density at radius 1 is 0.910 bits per heavy atom. The van der Waals surface area contributed by atoms with E-state index in [1.54, 1.807) is 18.5 Å². The number of halogens is 3. The van der Waals surface area contributed by atoms with Gasteiger partial charge in [-0.1, -0.05) is 23.7 Å². The Balaban J connectivity index is 0.660. The normalized spacial score (nSPS) is 24.9. The van der Waals surface area contributed by atoms with Gasteiger partial charge in [-0.05, 0) is 150 Å². The molecule has 9 heterocycles. The van der Waals surface area contributed by atoms with E-state index in [9.17, 15) is 33.8 Å². The molecule has 6 aliphatic heterocycles. The van der Waals surface area contributed by atoms with E-state index in [1.165, 1.54) is 40.6 Å². The average molecular weight is 1090 g/mol. The van der Waals surface area contributed by atoms with E-state index in [1.807, 2.05) is 15.9 Å². The standard InChI is InChI=1S/C57H65ClF2N10O8/c1-56(76)16-3-19-68(31-56)51-40-28-61-49(39-27-38(71)25-36-5-7-41(59)47(58)46(36)39)48(60)50(40)63-53(64-51)78-32-57-17-4-20-69(57)37(11-18-57)30-77-55(75)67-23-12-33(13-24-67)29-66-21-14-34(15-22-66)35-6-8-42-44(26-35)65(2)54(74)70(42)43-9-10-45(72)62-52(43)73/h5-8,25-28,33-34,37,43,71,76H,3-4,9-24,29-32H2,1-2H3,(H,62,72,73)/t37-,43?,56+,57-/m0/s1. The number of aromatic hydroxyl groups is 1. The molecule has 12 rings (SSSR count). The van der Waals surface area contributed by atoms with Crippen LogP contribution in [0.25, 0.3) is 44.0 Å². The molecule has 3 aromatic heterocycles. The fourth-order valence-corrected chi connectivity index (χ4v) is 14.0. The van der Waals surface area contributed by atoms with Crippen molar-refractivity contribution in [2.75, 3.05) is 70.5 Å². The predicted octanol–water partition coefficient (Wildman–Crippen LogP) is 7.57. The van der Waals surface area contributed by atoms with Gasteiger partial charge in [0.05, 0.1) is 32.6 Å². The number of anilines is 1. The molecule has 6 fully saturated rings. The molecule has 0 radical (unpaired) electrons. The molecule has 1 unspecified atom stereocenters. The van der Waals surface area contributed by atoms with E-state index in [-0.39, 0.29) is 94.4 Å². The number of benzene rings is 3. The van der Waals surface area contributed by atoms with Crippen molar-refractivity contribution < 1.29 is 42.9 Å². The molecule has 18 nitrogen and oxygen atoms in total. The van der Waals surface area contributed by atoms with Crippen molar-refractivity contribution in [3.63, 3.8) is 0 Å². The third-order valence-corrected chi connectivity index (χ3v) is 18.2. The van der Waals surface area contributed by atoms with Crippen LogP contribution >= 0.6 is 11.6 Å². The highest BCUT2D eigenvalue weighted by atomic mass is 35.5. The van der Waals surface area contributed by atoms with Crippen LogP contribution in [-0.2, 0) is 21.4 Å². The number of ether oxygens (including phenoxy) is 2. The monoisotopic (exact) mass is 1090 g/mol. The summed E-state index contributed by atoms with van der Waals surface area (Å²) in [5, 5.41) is 24.8. The zero-order chi connectivity index (χ0) is 54.2. The first-order valence-corrected chi connectivity index (χ1v) is 27.9. The number of nitrogens with one attached hydrogen (secondary N) is 1. The zero-order valence-electron chi connectivity index (χ0n) is 44.0. The fourth-order valence-electron chi connectivity index (χ4n) is 13.7. The highest BCUT2D eigenvalue weighted by Gasteiger charge is 2.50. The molecule has 6 aromatic rings. The lowest BCUT2D eigenvalue weighted by Crippen LogP contribution is -2.49. The molecule has 78 heavy (non-hydrogen) atoms. The number of rotatable bonds is 11. The van der Waals surface area contributed by atoms with Crippen molar-refractivity contribution in [2.24, 2.45) is 13.0 Å². The maximum Gasteiger partial charge on any atom is 0.409 e. The van der Waals surface area contributed by atoms with Gasteiger partial charge in [0, 0.05) is 69.4 Å². The summed E-state index contributed by atoms with van der Waals surface area (Å²) < 4.78 is 47.7. The fraction of sp³-hybridized carbons (Fsp3) is 0.526. The van der Waals surface area contributed by atoms with Gasteiger partial charge in [0.2, 0.25) is 11.8 Å². The van der Waals surface area contributed by atoms with Crippen molar-refractivity contribution in [2.45, 2.75) is 113 Å². The summed E-state index contributed by atoms with van der Waals surface area (Å²) in [5.41, 5.74) is 0.833. The largest absolute Gasteiger partial charge is 0.508 e. The Morgan fingerprint density at radius 3 is 2.49 bits per heavy atom. The average Bonchev–Trinajstić information content (AvgIpc) is 4.25. The minimum atomic E-state index is -1.02. The van der Waals surface area contributed by atoms with Crippen LogP contribution in [0.4, 0.5) is 19.4 Å². The maximum atomic E-state index is 17.1. The van der Waals surface area contributed by atoms with E-state index in [0.29, 0.717) is 72.8 Å². The van der Waals surface area contributed by atoms with Crippen LogP contribution in [0.2, 0.25) is 5.02 Å². The lowest BCUT2D eigenvalue weighted by Gasteiger charge is -2.38. The molecule has 0 aliphatic carbocycles. The first kappa shape index (κ1) is 52.2. The summed E-state index contributed by atoms with van der Waals surface area (Å²) in [6.07, 6.45) is 10.1. The number of hydrogen-bond donors (Lipinski definition) is 3. The topological polar surface area (TPSA) is 201 Å². The van der Waals surface area contributed by atoms with Crippen LogP contribution in [0.3, 0.4) is 0 Å². The van der Waals surface area contributed by atoms with E-state index in [0.717, 1.165) is 83.1 Å². The minimum absolute atomic E-state index is 0.00300. The lowest BCUT2D eigenvalue weighted by molar-refractivity contribution is -0.135. The van der Waals surface area contributed by atoms with Crippen LogP contribution in [0, 0.1) is 17.6 Å². The molecule has 0 bridgehead atoms. The number of aryl methyl sites for hydroxylation is 1. The number of phenolic OH excluding ortho intramolecular Hbond substituents is 1. The smallest absolute Gasteiger partial charge is 0.409 e. The van der Waals surface area contributed by atoms with Crippen molar-refractivity contribution in [3.05, 3.63) is 81.4 Å². The highest BCUT2D eigenvalue weighted by molar-refractivity contribution is 6.37. The van der Waals surface area contributed by atoms with Crippen molar-refractivity contribution in [1.82, 2.24) is 44.1 Å². The Kier molecular flexibility index (Phi) is 13.8. The number of β-amino-alcohol motifs (C(OH)–C–C–N with tert-alkyl or cyclic N) is 1. The number of aromatic nitrogens is 5. The minimum Gasteiger partial charge on any atom is -0.508 e. The van der Waals surface area contributed by atoms with Gasteiger partial charge in [-0.25, -0.2) is 18.4 Å². The molecule has 3 amide bonds. The molecule has 0 saturated carbocycles. The molecule has 3 aromatic carbocycles. The lowest BCUT2D eigenvalue weighted by atomic mass is 9.88.